The monoisotopic (exact) mass is 191 g/mol. The molecular weight excluding hydrogens is 174 g/mol. The van der Waals surface area contributed by atoms with Gasteiger partial charge in [0.15, 0.2) is 0 Å². The Balaban J connectivity index is 2.70. The lowest BCUT2D eigenvalue weighted by molar-refractivity contribution is -0.119. The van der Waals surface area contributed by atoms with Crippen molar-refractivity contribution in [3.63, 3.8) is 0 Å². The van der Waals surface area contributed by atoms with E-state index in [1.54, 1.807) is 6.92 Å². The van der Waals surface area contributed by atoms with Gasteiger partial charge in [0.05, 0.1) is 0 Å². The second-order valence-corrected chi connectivity index (χ2v) is 4.16. The Morgan fingerprint density at radius 2 is 1.86 bits per heavy atom. The van der Waals surface area contributed by atoms with Crippen LogP contribution in [0.25, 0.3) is 0 Å². The molecule has 0 atom stereocenters. The molecule has 0 aromatic heterocycles. The summed E-state index contributed by atoms with van der Waals surface area (Å²) >= 11 is 0. The number of carbonyl (C=O) groups excluding carboxylic acids is 1. The van der Waals surface area contributed by atoms with Gasteiger partial charge < -0.3 is 5.32 Å². The lowest BCUT2D eigenvalue weighted by Gasteiger charge is -2.25. The van der Waals surface area contributed by atoms with E-state index in [9.17, 15) is 4.79 Å². The van der Waals surface area contributed by atoms with Gasteiger partial charge in [0, 0.05) is 18.9 Å². The van der Waals surface area contributed by atoms with Gasteiger partial charge in [-0.3, -0.25) is 4.79 Å². The van der Waals surface area contributed by atoms with Crippen molar-refractivity contribution in [2.75, 3.05) is 6.54 Å². The van der Waals surface area contributed by atoms with Gasteiger partial charge in [0.2, 0.25) is 5.91 Å². The van der Waals surface area contributed by atoms with E-state index >= 15 is 0 Å². The van der Waals surface area contributed by atoms with Gasteiger partial charge in [-0.15, -0.1) is 0 Å². The van der Waals surface area contributed by atoms with Crippen LogP contribution < -0.4 is 5.32 Å². The highest BCUT2D eigenvalue weighted by Crippen LogP contribution is 2.21. The summed E-state index contributed by atoms with van der Waals surface area (Å²) in [6.07, 6.45) is 0. The van der Waals surface area contributed by atoms with Crippen molar-refractivity contribution in [2.45, 2.75) is 26.2 Å². The highest BCUT2D eigenvalue weighted by atomic mass is 16.1. The Kier molecular flexibility index (Phi) is 3.28. The Bertz CT molecular complexity index is 303. The molecule has 0 unspecified atom stereocenters. The normalized spacial score (nSPS) is 11.1. The van der Waals surface area contributed by atoms with Crippen LogP contribution in [-0.2, 0) is 10.2 Å². The van der Waals surface area contributed by atoms with Gasteiger partial charge in [-0.1, -0.05) is 44.2 Å². The van der Waals surface area contributed by atoms with Crippen molar-refractivity contribution in [3.05, 3.63) is 35.9 Å². The van der Waals surface area contributed by atoms with E-state index in [0.29, 0.717) is 6.54 Å². The minimum Gasteiger partial charge on any atom is -0.355 e. The van der Waals surface area contributed by atoms with E-state index in [2.05, 4.69) is 31.3 Å². The molecule has 1 aromatic rings. The number of hydrogen-bond donors (Lipinski definition) is 1. The van der Waals surface area contributed by atoms with Gasteiger partial charge >= 0.3 is 0 Å². The standard InChI is InChI=1S/C12H17NO/c1-10(14)13-9-12(2,3)11-7-5-4-6-8-11/h4-8H,9H2,1-3H3,(H,13,14). The van der Waals surface area contributed by atoms with Crippen LogP contribution in [0.5, 0.6) is 0 Å². The zero-order valence-electron chi connectivity index (χ0n) is 9.00. The molecular formula is C12H17NO. The third-order valence-electron chi connectivity index (χ3n) is 2.33. The van der Waals surface area contributed by atoms with Crippen molar-refractivity contribution in [2.24, 2.45) is 0 Å². The highest BCUT2D eigenvalue weighted by molar-refractivity contribution is 5.72. The first-order valence-electron chi connectivity index (χ1n) is 4.82. The topological polar surface area (TPSA) is 29.1 Å². The van der Waals surface area contributed by atoms with Crippen LogP contribution in [0.15, 0.2) is 30.3 Å². The van der Waals surface area contributed by atoms with Crippen LogP contribution in [0, 0.1) is 0 Å². The average Bonchev–Trinajstić information content (AvgIpc) is 2.16. The molecule has 0 heterocycles. The molecule has 0 fully saturated rings. The molecule has 14 heavy (non-hydrogen) atoms. The van der Waals surface area contributed by atoms with E-state index in [-0.39, 0.29) is 11.3 Å². The summed E-state index contributed by atoms with van der Waals surface area (Å²) in [6, 6.07) is 10.2. The summed E-state index contributed by atoms with van der Waals surface area (Å²) < 4.78 is 0. The number of amides is 1. The molecule has 0 aliphatic carbocycles. The van der Waals surface area contributed by atoms with Crippen LogP contribution in [-0.4, -0.2) is 12.5 Å². The first-order valence-corrected chi connectivity index (χ1v) is 4.82. The predicted octanol–water partition coefficient (Wildman–Crippen LogP) is 2.10. The van der Waals surface area contributed by atoms with Gasteiger partial charge in [-0.25, -0.2) is 0 Å². The molecule has 76 valence electrons. The van der Waals surface area contributed by atoms with Gasteiger partial charge in [0.1, 0.15) is 0 Å². The fraction of sp³-hybridized carbons (Fsp3) is 0.417. The molecule has 0 aliphatic rings. The summed E-state index contributed by atoms with van der Waals surface area (Å²) in [5.41, 5.74) is 1.24. The summed E-state index contributed by atoms with van der Waals surface area (Å²) in [5, 5.41) is 2.85. The third-order valence-corrected chi connectivity index (χ3v) is 2.33. The summed E-state index contributed by atoms with van der Waals surface area (Å²) in [6.45, 7) is 6.46. The lowest BCUT2D eigenvalue weighted by Crippen LogP contribution is -2.35. The molecule has 1 rings (SSSR count). The van der Waals surface area contributed by atoms with Gasteiger partial charge in [-0.05, 0) is 5.56 Å². The number of rotatable bonds is 3. The van der Waals surface area contributed by atoms with Crippen LogP contribution in [0.4, 0.5) is 0 Å². The maximum absolute atomic E-state index is 10.8. The maximum Gasteiger partial charge on any atom is 0.216 e. The Hall–Kier alpha value is -1.31. The smallest absolute Gasteiger partial charge is 0.216 e. The van der Waals surface area contributed by atoms with Crippen molar-refractivity contribution in [3.8, 4) is 0 Å². The largest absolute Gasteiger partial charge is 0.355 e. The van der Waals surface area contributed by atoms with Crippen molar-refractivity contribution in [1.82, 2.24) is 5.32 Å². The highest BCUT2D eigenvalue weighted by Gasteiger charge is 2.19. The van der Waals surface area contributed by atoms with E-state index in [4.69, 9.17) is 0 Å². The molecule has 1 amide bonds. The molecule has 2 heteroatoms. The number of hydrogen-bond acceptors (Lipinski definition) is 1. The summed E-state index contributed by atoms with van der Waals surface area (Å²) in [7, 11) is 0. The molecule has 1 aromatic carbocycles. The number of benzene rings is 1. The average molecular weight is 191 g/mol. The summed E-state index contributed by atoms with van der Waals surface area (Å²) in [4.78, 5) is 10.8. The van der Waals surface area contributed by atoms with Crippen molar-refractivity contribution >= 4 is 5.91 Å². The second kappa shape index (κ2) is 4.27. The third kappa shape index (κ3) is 2.87. The van der Waals surface area contributed by atoms with Crippen molar-refractivity contribution in [1.29, 1.82) is 0 Å². The second-order valence-electron chi connectivity index (χ2n) is 4.16. The molecule has 1 N–H and O–H groups in total. The quantitative estimate of drug-likeness (QED) is 0.779. The molecule has 2 nitrogen and oxygen atoms in total. The van der Waals surface area contributed by atoms with E-state index in [1.807, 2.05) is 18.2 Å². The first kappa shape index (κ1) is 10.8. The number of carbonyl (C=O) groups is 1. The lowest BCUT2D eigenvalue weighted by atomic mass is 9.85. The van der Waals surface area contributed by atoms with Crippen LogP contribution in [0.1, 0.15) is 26.3 Å². The van der Waals surface area contributed by atoms with Gasteiger partial charge in [-0.2, -0.15) is 0 Å². The molecule has 0 spiro atoms. The Morgan fingerprint density at radius 3 is 2.36 bits per heavy atom. The van der Waals surface area contributed by atoms with E-state index in [1.165, 1.54) is 5.56 Å². The van der Waals surface area contributed by atoms with E-state index < -0.39 is 0 Å². The zero-order chi connectivity index (χ0) is 10.6. The fourth-order valence-electron chi connectivity index (χ4n) is 1.34. The minimum atomic E-state index is -0.00701. The molecule has 0 saturated heterocycles. The van der Waals surface area contributed by atoms with Crippen LogP contribution in [0.2, 0.25) is 0 Å². The Morgan fingerprint density at radius 1 is 1.29 bits per heavy atom. The van der Waals surface area contributed by atoms with Gasteiger partial charge in [0.25, 0.3) is 0 Å². The SMILES string of the molecule is CC(=O)NCC(C)(C)c1ccccc1. The molecule has 0 saturated carbocycles. The van der Waals surface area contributed by atoms with Crippen molar-refractivity contribution < 1.29 is 4.79 Å². The molecule has 0 radical (unpaired) electrons. The van der Waals surface area contributed by atoms with Crippen LogP contribution >= 0.6 is 0 Å². The minimum absolute atomic E-state index is 0.00701. The first-order chi connectivity index (χ1) is 6.52. The molecule has 0 aliphatic heterocycles. The predicted molar refractivity (Wildman–Crippen MR) is 58.2 cm³/mol. The number of nitrogens with one attached hydrogen (secondary N) is 1. The zero-order valence-corrected chi connectivity index (χ0v) is 9.00. The molecule has 0 bridgehead atoms. The fourth-order valence-corrected chi connectivity index (χ4v) is 1.34. The van der Waals surface area contributed by atoms with Crippen LogP contribution in [0.3, 0.4) is 0 Å². The summed E-state index contributed by atoms with van der Waals surface area (Å²) in [5.74, 6) is 0.0222. The van der Waals surface area contributed by atoms with E-state index in [0.717, 1.165) is 0 Å². The Labute approximate surface area is 85.3 Å². The maximum atomic E-state index is 10.8.